The molecule has 0 saturated heterocycles. The van der Waals surface area contributed by atoms with Crippen molar-refractivity contribution in [3.05, 3.63) is 12.3 Å². The van der Waals surface area contributed by atoms with Gasteiger partial charge in [0.25, 0.3) is 0 Å². The predicted octanol–water partition coefficient (Wildman–Crippen LogP) is 4.40. The highest BCUT2D eigenvalue weighted by molar-refractivity contribution is 4.84. The van der Waals surface area contributed by atoms with E-state index in [2.05, 4.69) is 19.9 Å². The maximum atomic E-state index is 5.46. The molecule has 0 aliphatic carbocycles. The number of nitrogens with two attached hydrogens (primary N) is 1. The van der Waals surface area contributed by atoms with E-state index in [4.69, 9.17) is 5.73 Å². The summed E-state index contributed by atoms with van der Waals surface area (Å²) < 4.78 is 0. The third-order valence-electron chi connectivity index (χ3n) is 2.74. The van der Waals surface area contributed by atoms with E-state index in [0.717, 1.165) is 5.92 Å². The second kappa shape index (κ2) is 13.5. The lowest BCUT2D eigenvalue weighted by Gasteiger charge is -2.11. The second-order valence-electron chi connectivity index (χ2n) is 4.14. The monoisotopic (exact) mass is 214 g/mol. The molecule has 2 heteroatoms. The molecule has 92 valence electrons. The van der Waals surface area contributed by atoms with E-state index in [1.54, 1.807) is 6.20 Å². The molecule has 0 radical (unpaired) electrons. The Labute approximate surface area is 95.9 Å². The minimum atomic E-state index is 0. The van der Waals surface area contributed by atoms with Crippen LogP contribution in [0.5, 0.6) is 0 Å². The number of rotatable bonds is 9. The Bertz CT molecular complexity index is 122. The van der Waals surface area contributed by atoms with Gasteiger partial charge >= 0.3 is 0 Å². The van der Waals surface area contributed by atoms with Crippen molar-refractivity contribution >= 4 is 0 Å². The highest BCUT2D eigenvalue weighted by atomic mass is 14.5. The third-order valence-corrected chi connectivity index (χ3v) is 2.74. The zero-order chi connectivity index (χ0) is 10.6. The second-order valence-corrected chi connectivity index (χ2v) is 4.14. The maximum absolute atomic E-state index is 5.46. The highest BCUT2D eigenvalue weighted by Gasteiger charge is 2.03. The van der Waals surface area contributed by atoms with Gasteiger partial charge in [-0.2, -0.15) is 0 Å². The van der Waals surface area contributed by atoms with Gasteiger partial charge in [0.1, 0.15) is 0 Å². The summed E-state index contributed by atoms with van der Waals surface area (Å²) in [6.07, 6.45) is 14.6. The van der Waals surface area contributed by atoms with Crippen molar-refractivity contribution in [3.63, 3.8) is 0 Å². The summed E-state index contributed by atoms with van der Waals surface area (Å²) in [6.45, 7) is 4.51. The van der Waals surface area contributed by atoms with Crippen molar-refractivity contribution in [2.75, 3.05) is 0 Å². The van der Waals surface area contributed by atoms with Crippen molar-refractivity contribution in [1.29, 1.82) is 0 Å². The Morgan fingerprint density at radius 3 is 1.73 bits per heavy atom. The minimum Gasteiger partial charge on any atom is -0.405 e. The van der Waals surface area contributed by atoms with Gasteiger partial charge in [0.05, 0.1) is 0 Å². The van der Waals surface area contributed by atoms with Crippen molar-refractivity contribution in [2.24, 2.45) is 11.7 Å². The van der Waals surface area contributed by atoms with Gasteiger partial charge in [-0.25, -0.2) is 0 Å². The molecule has 5 N–H and O–H groups in total. The quantitative estimate of drug-likeness (QED) is 0.559. The molecule has 0 atom stereocenters. The number of unbranched alkanes of at least 4 members (excludes halogenated alkanes) is 4. The Morgan fingerprint density at radius 1 is 0.933 bits per heavy atom. The predicted molar refractivity (Wildman–Crippen MR) is 70.1 cm³/mol. The fraction of sp³-hybridized carbons (Fsp3) is 0.846. The molecular weight excluding hydrogens is 184 g/mol. The van der Waals surface area contributed by atoms with Crippen LogP contribution < -0.4 is 11.9 Å². The Morgan fingerprint density at radius 2 is 1.40 bits per heavy atom. The number of allylic oxidation sites excluding steroid dienone is 1. The van der Waals surface area contributed by atoms with E-state index >= 15 is 0 Å². The van der Waals surface area contributed by atoms with Gasteiger partial charge in [-0.05, 0) is 25.0 Å². The van der Waals surface area contributed by atoms with E-state index in [1.807, 2.05) is 0 Å². The number of hydrogen-bond acceptors (Lipinski definition) is 2. The fourth-order valence-electron chi connectivity index (χ4n) is 1.81. The van der Waals surface area contributed by atoms with E-state index in [0.29, 0.717) is 0 Å². The van der Waals surface area contributed by atoms with Crippen molar-refractivity contribution < 1.29 is 0 Å². The zero-order valence-electron chi connectivity index (χ0n) is 10.7. The summed E-state index contributed by atoms with van der Waals surface area (Å²) in [7, 11) is 0. The van der Waals surface area contributed by atoms with Gasteiger partial charge in [0, 0.05) is 0 Å². The van der Waals surface area contributed by atoms with Crippen LogP contribution in [0.2, 0.25) is 0 Å². The molecule has 0 aromatic rings. The molecule has 0 saturated carbocycles. The SMILES string of the molecule is CCCCCC(C=CN)CCCCC.N. The van der Waals surface area contributed by atoms with Crippen LogP contribution in [-0.4, -0.2) is 0 Å². The average molecular weight is 214 g/mol. The van der Waals surface area contributed by atoms with Crippen LogP contribution in [0.15, 0.2) is 12.3 Å². The van der Waals surface area contributed by atoms with E-state index < -0.39 is 0 Å². The summed E-state index contributed by atoms with van der Waals surface area (Å²) in [5.74, 6) is 0.734. The first kappa shape index (κ1) is 16.9. The summed E-state index contributed by atoms with van der Waals surface area (Å²) in [5.41, 5.74) is 5.46. The Kier molecular flexibility index (Phi) is 15.2. The van der Waals surface area contributed by atoms with Crippen LogP contribution in [0.1, 0.15) is 65.2 Å². The summed E-state index contributed by atoms with van der Waals surface area (Å²) in [4.78, 5) is 0. The third kappa shape index (κ3) is 11.4. The minimum absolute atomic E-state index is 0. The fourth-order valence-corrected chi connectivity index (χ4v) is 1.81. The molecule has 0 spiro atoms. The maximum Gasteiger partial charge on any atom is -0.0100 e. The smallest absolute Gasteiger partial charge is 0.0100 e. The molecule has 2 nitrogen and oxygen atoms in total. The van der Waals surface area contributed by atoms with Crippen LogP contribution >= 0.6 is 0 Å². The molecule has 0 unspecified atom stereocenters. The molecule has 0 heterocycles. The normalized spacial score (nSPS) is 10.9. The first-order chi connectivity index (χ1) is 6.85. The largest absolute Gasteiger partial charge is 0.405 e. The van der Waals surface area contributed by atoms with Gasteiger partial charge in [0.2, 0.25) is 0 Å². The molecule has 0 aromatic heterocycles. The van der Waals surface area contributed by atoms with Crippen LogP contribution in [0.4, 0.5) is 0 Å². The van der Waals surface area contributed by atoms with Crippen molar-refractivity contribution in [3.8, 4) is 0 Å². The van der Waals surface area contributed by atoms with E-state index in [9.17, 15) is 0 Å². The molecule has 0 aliphatic rings. The van der Waals surface area contributed by atoms with Crippen LogP contribution in [-0.2, 0) is 0 Å². The lowest BCUT2D eigenvalue weighted by Crippen LogP contribution is -1.98. The summed E-state index contributed by atoms with van der Waals surface area (Å²) in [6, 6.07) is 0. The Balaban J connectivity index is 0. The molecule has 0 bridgehead atoms. The summed E-state index contributed by atoms with van der Waals surface area (Å²) >= 11 is 0. The van der Waals surface area contributed by atoms with Gasteiger partial charge < -0.3 is 11.9 Å². The van der Waals surface area contributed by atoms with Gasteiger partial charge in [-0.1, -0.05) is 58.4 Å². The highest BCUT2D eigenvalue weighted by Crippen LogP contribution is 2.18. The molecule has 0 aromatic carbocycles. The summed E-state index contributed by atoms with van der Waals surface area (Å²) in [5, 5.41) is 0. The molecule has 0 amide bonds. The zero-order valence-corrected chi connectivity index (χ0v) is 10.7. The first-order valence-electron chi connectivity index (χ1n) is 6.23. The van der Waals surface area contributed by atoms with Gasteiger partial charge in [0.15, 0.2) is 0 Å². The Hall–Kier alpha value is -0.500. The van der Waals surface area contributed by atoms with Gasteiger partial charge in [-0.15, -0.1) is 0 Å². The lowest BCUT2D eigenvalue weighted by molar-refractivity contribution is 0.481. The average Bonchev–Trinajstić information content (AvgIpc) is 2.18. The number of hydrogen-bond donors (Lipinski definition) is 2. The van der Waals surface area contributed by atoms with Crippen LogP contribution in [0.3, 0.4) is 0 Å². The lowest BCUT2D eigenvalue weighted by atomic mass is 9.95. The van der Waals surface area contributed by atoms with Crippen molar-refractivity contribution in [1.82, 2.24) is 6.15 Å². The van der Waals surface area contributed by atoms with E-state index in [-0.39, 0.29) is 6.15 Å². The molecular formula is C13H30N2. The molecule has 0 aliphatic heterocycles. The van der Waals surface area contributed by atoms with Crippen LogP contribution in [0.25, 0.3) is 0 Å². The molecule has 0 rings (SSSR count). The van der Waals surface area contributed by atoms with Gasteiger partial charge in [-0.3, -0.25) is 0 Å². The first-order valence-corrected chi connectivity index (χ1v) is 6.23. The van der Waals surface area contributed by atoms with E-state index in [1.165, 1.54) is 51.4 Å². The molecule has 0 fully saturated rings. The van der Waals surface area contributed by atoms with Crippen molar-refractivity contribution in [2.45, 2.75) is 65.2 Å². The molecule has 15 heavy (non-hydrogen) atoms. The van der Waals surface area contributed by atoms with Crippen LogP contribution in [0, 0.1) is 5.92 Å². The standard InChI is InChI=1S/C13H27N.H3N/c1-3-5-7-9-13(11-12-14)10-8-6-4-2;/h11-13H,3-10,14H2,1-2H3;1H3. The topological polar surface area (TPSA) is 61.0 Å².